The Kier molecular flexibility index (Phi) is 5.19. The van der Waals surface area contributed by atoms with Crippen LogP contribution in [0, 0.1) is 0 Å². The van der Waals surface area contributed by atoms with E-state index in [1.54, 1.807) is 0 Å². The first-order valence-electron chi connectivity index (χ1n) is 3.36. The molecule has 1 aliphatic heterocycles. The number of hydrogen-bond donors (Lipinski definition) is 2. The second kappa shape index (κ2) is 5.35. The standard InChI is InChI=1S/C6H12N2O2.ClH/c1-7-2-5-3-8-6(9)4-10-5;/h5,7H,2-4H2,1H3,(H,8,9);1H. The molecule has 1 fully saturated rings. The van der Waals surface area contributed by atoms with E-state index in [1.165, 1.54) is 0 Å². The molecule has 0 bridgehead atoms. The summed E-state index contributed by atoms with van der Waals surface area (Å²) in [7, 11) is 1.86. The molecule has 1 heterocycles. The molecule has 1 rings (SSSR count). The molecule has 2 N–H and O–H groups in total. The van der Waals surface area contributed by atoms with Gasteiger partial charge in [0.1, 0.15) is 6.61 Å². The van der Waals surface area contributed by atoms with E-state index in [1.807, 2.05) is 7.05 Å². The number of carbonyl (C=O) groups is 1. The highest BCUT2D eigenvalue weighted by atomic mass is 35.5. The molecule has 1 atom stereocenters. The van der Waals surface area contributed by atoms with Crippen LogP contribution in [0.5, 0.6) is 0 Å². The molecule has 0 aromatic rings. The normalized spacial score (nSPS) is 23.7. The van der Waals surface area contributed by atoms with Gasteiger partial charge in [-0.3, -0.25) is 4.79 Å². The van der Waals surface area contributed by atoms with Gasteiger partial charge >= 0.3 is 0 Å². The predicted molar refractivity (Wildman–Crippen MR) is 43.9 cm³/mol. The zero-order valence-electron chi connectivity index (χ0n) is 6.42. The molecule has 0 saturated carbocycles. The average molecular weight is 181 g/mol. The van der Waals surface area contributed by atoms with Crippen molar-refractivity contribution in [2.45, 2.75) is 6.10 Å². The Morgan fingerprint density at radius 2 is 2.55 bits per heavy atom. The Bertz CT molecular complexity index is 122. The molecule has 5 heteroatoms. The zero-order chi connectivity index (χ0) is 7.40. The Balaban J connectivity index is 0.000001000. The van der Waals surface area contributed by atoms with Crippen molar-refractivity contribution in [2.75, 3.05) is 26.7 Å². The number of nitrogens with one attached hydrogen (secondary N) is 2. The third-order valence-corrected chi connectivity index (χ3v) is 1.41. The maximum absolute atomic E-state index is 10.6. The number of carbonyl (C=O) groups excluding carboxylic acids is 1. The number of hydrogen-bond acceptors (Lipinski definition) is 3. The third-order valence-electron chi connectivity index (χ3n) is 1.41. The molecular weight excluding hydrogens is 168 g/mol. The first kappa shape index (κ1) is 10.7. The van der Waals surface area contributed by atoms with Gasteiger partial charge in [-0.1, -0.05) is 0 Å². The molecule has 66 valence electrons. The van der Waals surface area contributed by atoms with Gasteiger partial charge in [0.05, 0.1) is 6.10 Å². The summed E-state index contributed by atoms with van der Waals surface area (Å²) in [5.74, 6) is -0.0210. The summed E-state index contributed by atoms with van der Waals surface area (Å²) in [6, 6.07) is 0. The van der Waals surface area contributed by atoms with Crippen molar-refractivity contribution in [3.8, 4) is 0 Å². The first-order valence-corrected chi connectivity index (χ1v) is 3.36. The lowest BCUT2D eigenvalue weighted by Gasteiger charge is -2.22. The number of ether oxygens (including phenoxy) is 1. The van der Waals surface area contributed by atoms with Gasteiger partial charge in [0.15, 0.2) is 0 Å². The van der Waals surface area contributed by atoms with Crippen LogP contribution in [0.3, 0.4) is 0 Å². The number of amides is 1. The average Bonchev–Trinajstić information content (AvgIpc) is 1.95. The summed E-state index contributed by atoms with van der Waals surface area (Å²) in [6.07, 6.45) is 0.141. The van der Waals surface area contributed by atoms with Crippen molar-refractivity contribution in [3.05, 3.63) is 0 Å². The van der Waals surface area contributed by atoms with Gasteiger partial charge < -0.3 is 15.4 Å². The molecule has 0 aliphatic carbocycles. The highest BCUT2D eigenvalue weighted by molar-refractivity contribution is 5.85. The molecule has 0 radical (unpaired) electrons. The van der Waals surface area contributed by atoms with Gasteiger partial charge in [-0.05, 0) is 7.05 Å². The number of morpholine rings is 1. The fourth-order valence-electron chi connectivity index (χ4n) is 0.890. The Morgan fingerprint density at radius 1 is 1.82 bits per heavy atom. The van der Waals surface area contributed by atoms with E-state index in [9.17, 15) is 4.79 Å². The maximum Gasteiger partial charge on any atom is 0.246 e. The number of halogens is 1. The molecule has 4 nitrogen and oxygen atoms in total. The van der Waals surface area contributed by atoms with Crippen molar-refractivity contribution in [2.24, 2.45) is 0 Å². The molecule has 0 spiro atoms. The quantitative estimate of drug-likeness (QED) is 0.582. The molecular formula is C6H13ClN2O2. The Labute approximate surface area is 72.1 Å². The maximum atomic E-state index is 10.6. The van der Waals surface area contributed by atoms with E-state index < -0.39 is 0 Å². The van der Waals surface area contributed by atoms with Gasteiger partial charge in [0.25, 0.3) is 0 Å². The van der Waals surface area contributed by atoms with Crippen LogP contribution >= 0.6 is 12.4 Å². The van der Waals surface area contributed by atoms with Crippen molar-refractivity contribution < 1.29 is 9.53 Å². The Morgan fingerprint density at radius 3 is 3.00 bits per heavy atom. The fourth-order valence-corrected chi connectivity index (χ4v) is 0.890. The molecule has 0 aromatic carbocycles. The van der Waals surface area contributed by atoms with Crippen LogP contribution in [0.25, 0.3) is 0 Å². The van der Waals surface area contributed by atoms with E-state index in [0.29, 0.717) is 6.54 Å². The summed E-state index contributed by atoms with van der Waals surface area (Å²) in [6.45, 7) is 1.62. The summed E-state index contributed by atoms with van der Waals surface area (Å²) in [5, 5.41) is 5.69. The minimum absolute atomic E-state index is 0. The lowest BCUT2D eigenvalue weighted by molar-refractivity contribution is -0.132. The van der Waals surface area contributed by atoms with Crippen LogP contribution < -0.4 is 10.6 Å². The van der Waals surface area contributed by atoms with E-state index in [-0.39, 0.29) is 31.0 Å². The third kappa shape index (κ3) is 3.55. The van der Waals surface area contributed by atoms with E-state index in [0.717, 1.165) is 6.54 Å². The second-order valence-corrected chi connectivity index (χ2v) is 2.29. The minimum atomic E-state index is -0.0210. The largest absolute Gasteiger partial charge is 0.365 e. The summed E-state index contributed by atoms with van der Waals surface area (Å²) in [4.78, 5) is 10.6. The van der Waals surface area contributed by atoms with E-state index in [4.69, 9.17) is 4.74 Å². The summed E-state index contributed by atoms with van der Waals surface area (Å²) < 4.78 is 5.16. The second-order valence-electron chi connectivity index (χ2n) is 2.29. The van der Waals surface area contributed by atoms with Gasteiger partial charge in [0.2, 0.25) is 5.91 Å². The van der Waals surface area contributed by atoms with E-state index >= 15 is 0 Å². The van der Waals surface area contributed by atoms with Gasteiger partial charge in [-0.25, -0.2) is 0 Å². The SMILES string of the molecule is CNCC1CNC(=O)CO1.Cl. The molecule has 1 saturated heterocycles. The van der Waals surface area contributed by atoms with Crippen LogP contribution in [-0.2, 0) is 9.53 Å². The topological polar surface area (TPSA) is 50.4 Å². The predicted octanol–water partition coefficient (Wildman–Crippen LogP) is -0.857. The van der Waals surface area contributed by atoms with Crippen LogP contribution in [0.4, 0.5) is 0 Å². The molecule has 1 unspecified atom stereocenters. The lowest BCUT2D eigenvalue weighted by Crippen LogP contribution is -2.46. The highest BCUT2D eigenvalue weighted by Gasteiger charge is 2.16. The first-order chi connectivity index (χ1) is 4.83. The summed E-state index contributed by atoms with van der Waals surface area (Å²) in [5.41, 5.74) is 0. The van der Waals surface area contributed by atoms with E-state index in [2.05, 4.69) is 10.6 Å². The van der Waals surface area contributed by atoms with Crippen molar-refractivity contribution >= 4 is 18.3 Å². The van der Waals surface area contributed by atoms with Gasteiger partial charge in [-0.15, -0.1) is 12.4 Å². The van der Waals surface area contributed by atoms with Crippen molar-refractivity contribution in [1.29, 1.82) is 0 Å². The monoisotopic (exact) mass is 180 g/mol. The van der Waals surface area contributed by atoms with Crippen LogP contribution in [0.2, 0.25) is 0 Å². The molecule has 11 heavy (non-hydrogen) atoms. The number of likely N-dealkylation sites (N-methyl/N-ethyl adjacent to an activating group) is 1. The van der Waals surface area contributed by atoms with Gasteiger partial charge in [-0.2, -0.15) is 0 Å². The van der Waals surface area contributed by atoms with Crippen LogP contribution in [0.15, 0.2) is 0 Å². The Hall–Kier alpha value is -0.320. The van der Waals surface area contributed by atoms with Crippen molar-refractivity contribution in [1.82, 2.24) is 10.6 Å². The minimum Gasteiger partial charge on any atom is -0.365 e. The van der Waals surface area contributed by atoms with Crippen molar-refractivity contribution in [3.63, 3.8) is 0 Å². The highest BCUT2D eigenvalue weighted by Crippen LogP contribution is 1.93. The van der Waals surface area contributed by atoms with Crippen LogP contribution in [0.1, 0.15) is 0 Å². The van der Waals surface area contributed by atoms with Crippen LogP contribution in [-0.4, -0.2) is 38.8 Å². The lowest BCUT2D eigenvalue weighted by atomic mass is 10.3. The molecule has 0 aromatic heterocycles. The summed E-state index contributed by atoms with van der Waals surface area (Å²) >= 11 is 0. The number of rotatable bonds is 2. The fraction of sp³-hybridized carbons (Fsp3) is 0.833. The molecule has 1 aliphatic rings. The zero-order valence-corrected chi connectivity index (χ0v) is 7.24. The molecule has 1 amide bonds. The smallest absolute Gasteiger partial charge is 0.246 e. The van der Waals surface area contributed by atoms with Gasteiger partial charge in [0, 0.05) is 13.1 Å².